The van der Waals surface area contributed by atoms with E-state index in [-0.39, 0.29) is 23.7 Å². The van der Waals surface area contributed by atoms with Crippen LogP contribution in [0.4, 0.5) is 4.39 Å². The van der Waals surface area contributed by atoms with Gasteiger partial charge in [-0.1, -0.05) is 6.92 Å². The SMILES string of the molecule is CCCn1ccc(CNC[C@@H]2CC(=O)N(C)[C@H]2c2cnn(-c3ccc(F)cc3)c2)c1. The van der Waals surface area contributed by atoms with Crippen LogP contribution >= 0.6 is 0 Å². The number of carbonyl (C=O) groups excluding carboxylic acids is 1. The molecule has 6 nitrogen and oxygen atoms in total. The highest BCUT2D eigenvalue weighted by molar-refractivity contribution is 5.79. The number of amides is 1. The Kier molecular flexibility index (Phi) is 5.99. The van der Waals surface area contributed by atoms with Crippen LogP contribution in [0.15, 0.2) is 55.1 Å². The standard InChI is InChI=1S/C23H28FN5O/c1-3-9-28-10-8-17(15-28)12-25-13-18-11-22(30)27(2)23(18)19-14-26-29(16-19)21-6-4-20(24)5-7-21/h4-8,10,14-16,18,23,25H,3,9,11-13H2,1-2H3/t18-,23+/m0/s1. The highest BCUT2D eigenvalue weighted by atomic mass is 19.1. The number of carbonyl (C=O) groups is 1. The lowest BCUT2D eigenvalue weighted by Gasteiger charge is -2.24. The fourth-order valence-electron chi connectivity index (χ4n) is 4.25. The molecule has 1 fully saturated rings. The molecule has 4 rings (SSSR count). The summed E-state index contributed by atoms with van der Waals surface area (Å²) in [4.78, 5) is 14.2. The van der Waals surface area contributed by atoms with E-state index in [1.807, 2.05) is 18.1 Å². The molecule has 2 aromatic heterocycles. The summed E-state index contributed by atoms with van der Waals surface area (Å²) in [6, 6.07) is 8.34. The number of benzene rings is 1. The molecule has 1 N–H and O–H groups in total. The zero-order chi connectivity index (χ0) is 21.1. The van der Waals surface area contributed by atoms with E-state index in [0.717, 1.165) is 37.3 Å². The molecule has 1 aromatic carbocycles. The molecule has 0 spiro atoms. The van der Waals surface area contributed by atoms with Gasteiger partial charge in [-0.2, -0.15) is 5.10 Å². The number of halogens is 1. The molecule has 0 unspecified atom stereocenters. The third-order valence-corrected chi connectivity index (χ3v) is 5.76. The summed E-state index contributed by atoms with van der Waals surface area (Å²) in [5, 5.41) is 7.96. The van der Waals surface area contributed by atoms with Crippen LogP contribution in [0.25, 0.3) is 5.69 Å². The van der Waals surface area contributed by atoms with E-state index in [9.17, 15) is 9.18 Å². The van der Waals surface area contributed by atoms with Crippen molar-refractivity contribution in [3.05, 3.63) is 72.1 Å². The molecule has 1 aliphatic heterocycles. The maximum Gasteiger partial charge on any atom is 0.223 e. The lowest BCUT2D eigenvalue weighted by Crippen LogP contribution is -2.28. The number of nitrogens with zero attached hydrogens (tertiary/aromatic N) is 4. The van der Waals surface area contributed by atoms with Crippen molar-refractivity contribution in [3.63, 3.8) is 0 Å². The maximum absolute atomic E-state index is 13.2. The summed E-state index contributed by atoms with van der Waals surface area (Å²) >= 11 is 0. The van der Waals surface area contributed by atoms with Crippen molar-refractivity contribution in [2.24, 2.45) is 5.92 Å². The van der Waals surface area contributed by atoms with Crippen molar-refractivity contribution in [2.45, 2.75) is 38.9 Å². The van der Waals surface area contributed by atoms with Gasteiger partial charge in [-0.15, -0.1) is 0 Å². The Balaban J connectivity index is 1.43. The third-order valence-electron chi connectivity index (χ3n) is 5.76. The third kappa shape index (κ3) is 4.31. The molecule has 3 aromatic rings. The molecule has 1 saturated heterocycles. The average molecular weight is 410 g/mol. The number of hydrogen-bond donors (Lipinski definition) is 1. The zero-order valence-electron chi connectivity index (χ0n) is 17.5. The Morgan fingerprint density at radius 3 is 2.77 bits per heavy atom. The smallest absolute Gasteiger partial charge is 0.223 e. The molecule has 7 heteroatoms. The molecule has 30 heavy (non-hydrogen) atoms. The van der Waals surface area contributed by atoms with Crippen LogP contribution in [0.2, 0.25) is 0 Å². The molecule has 158 valence electrons. The first-order valence-electron chi connectivity index (χ1n) is 10.5. The van der Waals surface area contributed by atoms with Gasteiger partial charge in [-0.05, 0) is 42.3 Å². The first kappa shape index (κ1) is 20.3. The van der Waals surface area contributed by atoms with E-state index in [2.05, 4.69) is 40.4 Å². The second-order valence-electron chi connectivity index (χ2n) is 8.00. The summed E-state index contributed by atoms with van der Waals surface area (Å²) in [5.74, 6) is 0.0463. The Bertz CT molecular complexity index is 993. The minimum absolute atomic E-state index is 0.0242. The summed E-state index contributed by atoms with van der Waals surface area (Å²) < 4.78 is 17.1. The Morgan fingerprint density at radius 1 is 1.20 bits per heavy atom. The molecular weight excluding hydrogens is 381 g/mol. The summed E-state index contributed by atoms with van der Waals surface area (Å²) in [6.45, 7) is 4.74. The number of rotatable bonds is 8. The van der Waals surface area contributed by atoms with Gasteiger partial charge in [0.1, 0.15) is 5.82 Å². The van der Waals surface area contributed by atoms with Gasteiger partial charge in [-0.25, -0.2) is 9.07 Å². The monoisotopic (exact) mass is 409 g/mol. The van der Waals surface area contributed by atoms with E-state index in [1.165, 1.54) is 17.7 Å². The first-order valence-corrected chi connectivity index (χ1v) is 10.5. The van der Waals surface area contributed by atoms with Crippen molar-refractivity contribution < 1.29 is 9.18 Å². The number of aryl methyl sites for hydroxylation is 1. The van der Waals surface area contributed by atoms with Gasteiger partial charge in [-0.3, -0.25) is 4.79 Å². The first-order chi connectivity index (χ1) is 14.5. The van der Waals surface area contributed by atoms with Crippen LogP contribution in [0, 0.1) is 11.7 Å². The maximum atomic E-state index is 13.2. The van der Waals surface area contributed by atoms with Gasteiger partial charge in [0, 0.05) is 63.2 Å². The predicted octanol–water partition coefficient (Wildman–Crippen LogP) is 3.53. The van der Waals surface area contributed by atoms with E-state index < -0.39 is 0 Å². The minimum atomic E-state index is -0.275. The van der Waals surface area contributed by atoms with E-state index in [4.69, 9.17) is 0 Å². The number of nitrogens with one attached hydrogen (secondary N) is 1. The zero-order valence-corrected chi connectivity index (χ0v) is 17.5. The van der Waals surface area contributed by atoms with Gasteiger partial charge in [0.2, 0.25) is 5.91 Å². The quantitative estimate of drug-likeness (QED) is 0.619. The molecule has 1 aliphatic rings. The van der Waals surface area contributed by atoms with E-state index in [1.54, 1.807) is 23.0 Å². The lowest BCUT2D eigenvalue weighted by molar-refractivity contribution is -0.127. The van der Waals surface area contributed by atoms with Gasteiger partial charge in [0.25, 0.3) is 0 Å². The second-order valence-corrected chi connectivity index (χ2v) is 8.00. The fraction of sp³-hybridized carbons (Fsp3) is 0.391. The molecule has 0 radical (unpaired) electrons. The Hall–Kier alpha value is -2.93. The molecule has 3 heterocycles. The van der Waals surface area contributed by atoms with E-state index in [0.29, 0.717) is 6.42 Å². The number of likely N-dealkylation sites (tertiary alicyclic amines) is 1. The van der Waals surface area contributed by atoms with E-state index >= 15 is 0 Å². The molecule has 2 atom stereocenters. The van der Waals surface area contributed by atoms with Crippen molar-refractivity contribution in [3.8, 4) is 5.69 Å². The largest absolute Gasteiger partial charge is 0.354 e. The van der Waals surface area contributed by atoms with Crippen LogP contribution in [-0.2, 0) is 17.9 Å². The van der Waals surface area contributed by atoms with Crippen LogP contribution in [0.1, 0.15) is 36.9 Å². The van der Waals surface area contributed by atoms with Crippen LogP contribution < -0.4 is 5.32 Å². The van der Waals surface area contributed by atoms with Crippen LogP contribution in [0.3, 0.4) is 0 Å². The Labute approximate surface area is 176 Å². The second kappa shape index (κ2) is 8.83. The van der Waals surface area contributed by atoms with Crippen molar-refractivity contribution in [1.82, 2.24) is 24.6 Å². The van der Waals surface area contributed by atoms with Crippen LogP contribution in [0.5, 0.6) is 0 Å². The fourth-order valence-corrected chi connectivity index (χ4v) is 4.25. The summed E-state index contributed by atoms with van der Waals surface area (Å²) in [6.07, 6.45) is 9.66. The highest BCUT2D eigenvalue weighted by Gasteiger charge is 2.38. The molecule has 0 saturated carbocycles. The topological polar surface area (TPSA) is 55.1 Å². The average Bonchev–Trinajstić information content (AvgIpc) is 3.44. The molecule has 1 amide bonds. The molecule has 0 aliphatic carbocycles. The Morgan fingerprint density at radius 2 is 2.00 bits per heavy atom. The summed E-state index contributed by atoms with van der Waals surface area (Å²) in [7, 11) is 1.85. The summed E-state index contributed by atoms with van der Waals surface area (Å²) in [5.41, 5.74) is 3.04. The van der Waals surface area contributed by atoms with Crippen LogP contribution in [-0.4, -0.2) is 38.7 Å². The molecular formula is C23H28FN5O. The van der Waals surface area contributed by atoms with Crippen molar-refractivity contribution in [2.75, 3.05) is 13.6 Å². The highest BCUT2D eigenvalue weighted by Crippen LogP contribution is 2.36. The number of aromatic nitrogens is 3. The van der Waals surface area contributed by atoms with Gasteiger partial charge in [0.05, 0.1) is 17.9 Å². The van der Waals surface area contributed by atoms with Crippen molar-refractivity contribution >= 4 is 5.91 Å². The predicted molar refractivity (Wildman–Crippen MR) is 114 cm³/mol. The normalized spacial score (nSPS) is 19.0. The van der Waals surface area contributed by atoms with Gasteiger partial charge < -0.3 is 14.8 Å². The van der Waals surface area contributed by atoms with Gasteiger partial charge in [0.15, 0.2) is 0 Å². The molecule has 0 bridgehead atoms. The minimum Gasteiger partial charge on any atom is -0.354 e. The van der Waals surface area contributed by atoms with Gasteiger partial charge >= 0.3 is 0 Å². The lowest BCUT2D eigenvalue weighted by atomic mass is 9.95. The van der Waals surface area contributed by atoms with Crippen molar-refractivity contribution in [1.29, 1.82) is 0 Å². The number of hydrogen-bond acceptors (Lipinski definition) is 3.